The summed E-state index contributed by atoms with van der Waals surface area (Å²) < 4.78 is 0. The molecule has 4 nitrogen and oxygen atoms in total. The molecule has 5 heteroatoms. The minimum Gasteiger partial charge on any atom is -0.275 e. The maximum atomic E-state index is 6.61. The largest absolute Gasteiger partial charge is 0.275 e. The molecule has 2 heterocycles. The molecule has 120 valence electrons. The van der Waals surface area contributed by atoms with Crippen LogP contribution in [0.2, 0.25) is 5.02 Å². The van der Waals surface area contributed by atoms with Gasteiger partial charge in [0, 0.05) is 11.1 Å². The molecular formula is C19H17ClN4. The van der Waals surface area contributed by atoms with Gasteiger partial charge in [0.25, 0.3) is 0 Å². The van der Waals surface area contributed by atoms with Crippen LogP contribution in [-0.4, -0.2) is 20.4 Å². The number of halogens is 1. The molecule has 24 heavy (non-hydrogen) atoms. The highest BCUT2D eigenvalue weighted by Crippen LogP contribution is 2.35. The molecular weight excluding hydrogens is 320 g/mol. The number of hydrogen-bond acceptors (Lipinski definition) is 3. The molecule has 0 aliphatic rings. The van der Waals surface area contributed by atoms with Crippen molar-refractivity contribution in [1.29, 1.82) is 0 Å². The van der Waals surface area contributed by atoms with E-state index in [-0.39, 0.29) is 0 Å². The quantitative estimate of drug-likeness (QED) is 0.535. The predicted molar refractivity (Wildman–Crippen MR) is 98.9 cm³/mol. The third-order valence-electron chi connectivity index (χ3n) is 3.53. The molecule has 0 atom stereocenters. The van der Waals surface area contributed by atoms with E-state index in [0.29, 0.717) is 16.4 Å². The topological polar surface area (TPSA) is 54.5 Å². The number of H-pyrrole nitrogens is 1. The SMILES string of the molecule is CC.Clc1c(-c2ccccc2)nnc2n[nH]c(-c3ccccc3)c12. The maximum Gasteiger partial charge on any atom is 0.204 e. The van der Waals surface area contributed by atoms with Crippen molar-refractivity contribution < 1.29 is 0 Å². The summed E-state index contributed by atoms with van der Waals surface area (Å²) in [7, 11) is 0. The van der Waals surface area contributed by atoms with E-state index >= 15 is 0 Å². The van der Waals surface area contributed by atoms with E-state index in [0.717, 1.165) is 22.2 Å². The monoisotopic (exact) mass is 336 g/mol. The molecule has 0 saturated carbocycles. The summed E-state index contributed by atoms with van der Waals surface area (Å²) in [6.45, 7) is 4.00. The van der Waals surface area contributed by atoms with Crippen LogP contribution in [-0.2, 0) is 0 Å². The molecule has 4 rings (SSSR count). The zero-order valence-electron chi connectivity index (χ0n) is 13.5. The lowest BCUT2D eigenvalue weighted by Crippen LogP contribution is -1.91. The van der Waals surface area contributed by atoms with Crippen LogP contribution >= 0.6 is 11.6 Å². The van der Waals surface area contributed by atoms with Gasteiger partial charge in [0.05, 0.1) is 16.1 Å². The van der Waals surface area contributed by atoms with Crippen molar-refractivity contribution in [1.82, 2.24) is 20.4 Å². The average Bonchev–Trinajstić information content (AvgIpc) is 3.10. The van der Waals surface area contributed by atoms with E-state index in [2.05, 4.69) is 20.4 Å². The van der Waals surface area contributed by atoms with E-state index in [1.165, 1.54) is 0 Å². The fraction of sp³-hybridized carbons (Fsp3) is 0.105. The maximum absolute atomic E-state index is 6.61. The molecule has 0 aliphatic heterocycles. The fourth-order valence-electron chi connectivity index (χ4n) is 2.47. The van der Waals surface area contributed by atoms with E-state index in [4.69, 9.17) is 11.6 Å². The number of rotatable bonds is 2. The van der Waals surface area contributed by atoms with Crippen LogP contribution in [0.1, 0.15) is 13.8 Å². The molecule has 0 fully saturated rings. The highest BCUT2D eigenvalue weighted by atomic mass is 35.5. The van der Waals surface area contributed by atoms with Gasteiger partial charge in [0.15, 0.2) is 0 Å². The Bertz CT molecular complexity index is 934. The van der Waals surface area contributed by atoms with Gasteiger partial charge in [-0.25, -0.2) is 0 Å². The molecule has 4 aromatic rings. The highest BCUT2D eigenvalue weighted by molar-refractivity contribution is 6.38. The molecule has 0 radical (unpaired) electrons. The van der Waals surface area contributed by atoms with Crippen molar-refractivity contribution in [3.05, 3.63) is 65.7 Å². The number of hydrogen-bond donors (Lipinski definition) is 1. The predicted octanol–water partition coefficient (Wildman–Crippen LogP) is 5.37. The number of fused-ring (bicyclic) bond motifs is 1. The molecule has 0 unspecified atom stereocenters. The van der Waals surface area contributed by atoms with Gasteiger partial charge < -0.3 is 0 Å². The third kappa shape index (κ3) is 2.88. The molecule has 2 aromatic carbocycles. The standard InChI is InChI=1S/C17H11ClN4.C2H6/c18-14-13-15(11-7-3-1-4-8-11)19-21-17(13)22-20-16(14)12-9-5-2-6-10-12;1-2/h1-10H,(H,19,21,22);1-2H3. The summed E-state index contributed by atoms with van der Waals surface area (Å²) in [6, 6.07) is 19.7. The Morgan fingerprint density at radius 3 is 2.00 bits per heavy atom. The van der Waals surface area contributed by atoms with Crippen molar-refractivity contribution in [2.75, 3.05) is 0 Å². The Balaban J connectivity index is 0.000000815. The second-order valence-corrected chi connectivity index (χ2v) is 5.27. The molecule has 0 spiro atoms. The summed E-state index contributed by atoms with van der Waals surface area (Å²) in [6.07, 6.45) is 0. The van der Waals surface area contributed by atoms with Crippen molar-refractivity contribution >= 4 is 22.6 Å². The normalized spacial score (nSPS) is 10.3. The number of nitrogens with zero attached hydrogens (tertiary/aromatic N) is 3. The third-order valence-corrected chi connectivity index (χ3v) is 3.90. The summed E-state index contributed by atoms with van der Waals surface area (Å²) in [5, 5.41) is 17.0. The Kier molecular flexibility index (Phi) is 4.87. The zero-order chi connectivity index (χ0) is 16.9. The highest BCUT2D eigenvalue weighted by Gasteiger charge is 2.17. The zero-order valence-corrected chi connectivity index (χ0v) is 14.2. The number of aromatic nitrogens is 4. The summed E-state index contributed by atoms with van der Waals surface area (Å²) >= 11 is 6.61. The molecule has 0 saturated heterocycles. The van der Waals surface area contributed by atoms with Gasteiger partial charge in [-0.15, -0.1) is 10.2 Å². The van der Waals surface area contributed by atoms with Gasteiger partial charge in [-0.05, 0) is 0 Å². The van der Waals surface area contributed by atoms with Gasteiger partial charge in [-0.1, -0.05) is 86.1 Å². The van der Waals surface area contributed by atoms with Crippen LogP contribution in [0.15, 0.2) is 60.7 Å². The lowest BCUT2D eigenvalue weighted by atomic mass is 10.1. The van der Waals surface area contributed by atoms with Crippen LogP contribution in [0.5, 0.6) is 0 Å². The second kappa shape index (κ2) is 7.23. The lowest BCUT2D eigenvalue weighted by Gasteiger charge is -2.04. The van der Waals surface area contributed by atoms with Gasteiger partial charge >= 0.3 is 0 Å². The Morgan fingerprint density at radius 2 is 1.38 bits per heavy atom. The van der Waals surface area contributed by atoms with Crippen LogP contribution in [0.3, 0.4) is 0 Å². The smallest absolute Gasteiger partial charge is 0.204 e. The minimum absolute atomic E-state index is 0.517. The average molecular weight is 337 g/mol. The molecule has 0 bridgehead atoms. The lowest BCUT2D eigenvalue weighted by molar-refractivity contribution is 1.03. The molecule has 1 N–H and O–H groups in total. The van der Waals surface area contributed by atoms with Crippen molar-refractivity contribution in [2.45, 2.75) is 13.8 Å². The first-order chi connectivity index (χ1) is 11.8. The molecule has 2 aromatic heterocycles. The number of nitrogens with one attached hydrogen (secondary N) is 1. The van der Waals surface area contributed by atoms with Crippen LogP contribution in [0.25, 0.3) is 33.5 Å². The van der Waals surface area contributed by atoms with Crippen molar-refractivity contribution in [3.63, 3.8) is 0 Å². The number of aromatic amines is 1. The molecule has 0 amide bonds. The van der Waals surface area contributed by atoms with Crippen LogP contribution in [0.4, 0.5) is 0 Å². The second-order valence-electron chi connectivity index (χ2n) is 4.89. The van der Waals surface area contributed by atoms with E-state index in [1.807, 2.05) is 74.5 Å². The molecule has 0 aliphatic carbocycles. The van der Waals surface area contributed by atoms with E-state index < -0.39 is 0 Å². The first-order valence-corrected chi connectivity index (χ1v) is 8.23. The van der Waals surface area contributed by atoms with Crippen LogP contribution < -0.4 is 0 Å². The number of benzene rings is 2. The van der Waals surface area contributed by atoms with E-state index in [1.54, 1.807) is 0 Å². The Labute approximate surface area is 145 Å². The van der Waals surface area contributed by atoms with Gasteiger partial charge in [0.1, 0.15) is 5.69 Å². The van der Waals surface area contributed by atoms with Crippen molar-refractivity contribution in [2.24, 2.45) is 0 Å². The minimum atomic E-state index is 0.517. The summed E-state index contributed by atoms with van der Waals surface area (Å²) in [5.41, 5.74) is 3.98. The summed E-state index contributed by atoms with van der Waals surface area (Å²) in [5.74, 6) is 0. The van der Waals surface area contributed by atoms with Gasteiger partial charge in [0.2, 0.25) is 5.65 Å². The first kappa shape index (κ1) is 16.1. The van der Waals surface area contributed by atoms with Crippen LogP contribution in [0, 0.1) is 0 Å². The van der Waals surface area contributed by atoms with E-state index in [9.17, 15) is 0 Å². The fourth-order valence-corrected chi connectivity index (χ4v) is 2.79. The van der Waals surface area contributed by atoms with Gasteiger partial charge in [-0.2, -0.15) is 5.10 Å². The van der Waals surface area contributed by atoms with Gasteiger partial charge in [-0.3, -0.25) is 5.10 Å². The Morgan fingerprint density at radius 1 is 0.792 bits per heavy atom. The summed E-state index contributed by atoms with van der Waals surface area (Å²) in [4.78, 5) is 0. The first-order valence-electron chi connectivity index (χ1n) is 7.85. The Hall–Kier alpha value is -2.72. The van der Waals surface area contributed by atoms with Crippen molar-refractivity contribution in [3.8, 4) is 22.5 Å².